The SMILES string of the molecule is CSc1ccc(O)cc1C(C)=O. The van der Waals surface area contributed by atoms with E-state index in [1.54, 1.807) is 12.1 Å². The summed E-state index contributed by atoms with van der Waals surface area (Å²) in [5, 5.41) is 9.12. The number of Topliss-reactive ketones (excluding diaryl/α,β-unsaturated/α-hetero) is 1. The van der Waals surface area contributed by atoms with E-state index in [-0.39, 0.29) is 11.5 Å². The number of hydrogen-bond donors (Lipinski definition) is 1. The average Bonchev–Trinajstić information content (AvgIpc) is 2.04. The van der Waals surface area contributed by atoms with E-state index in [0.717, 1.165) is 4.90 Å². The summed E-state index contributed by atoms with van der Waals surface area (Å²) < 4.78 is 0. The van der Waals surface area contributed by atoms with Gasteiger partial charge in [0, 0.05) is 10.5 Å². The van der Waals surface area contributed by atoms with Crippen LogP contribution in [-0.4, -0.2) is 17.1 Å². The summed E-state index contributed by atoms with van der Waals surface area (Å²) in [5.41, 5.74) is 0.586. The van der Waals surface area contributed by atoms with Gasteiger partial charge in [-0.2, -0.15) is 0 Å². The molecular weight excluding hydrogens is 172 g/mol. The first-order chi connectivity index (χ1) is 5.65. The first-order valence-electron chi connectivity index (χ1n) is 3.53. The second-order valence-corrected chi connectivity index (χ2v) is 3.29. The highest BCUT2D eigenvalue weighted by molar-refractivity contribution is 7.98. The van der Waals surface area contributed by atoms with Crippen molar-refractivity contribution in [1.82, 2.24) is 0 Å². The molecule has 0 unspecified atom stereocenters. The summed E-state index contributed by atoms with van der Waals surface area (Å²) in [6, 6.07) is 4.82. The van der Waals surface area contributed by atoms with Crippen LogP contribution in [0.1, 0.15) is 17.3 Å². The van der Waals surface area contributed by atoms with Crippen LogP contribution in [-0.2, 0) is 0 Å². The minimum absolute atomic E-state index is 0.0183. The zero-order valence-electron chi connectivity index (χ0n) is 7.00. The predicted octanol–water partition coefficient (Wildman–Crippen LogP) is 2.32. The van der Waals surface area contributed by atoms with Gasteiger partial charge in [-0.05, 0) is 31.4 Å². The van der Waals surface area contributed by atoms with Crippen molar-refractivity contribution in [2.24, 2.45) is 0 Å². The number of carbonyl (C=O) groups excluding carboxylic acids is 1. The van der Waals surface area contributed by atoms with Crippen LogP contribution in [0.15, 0.2) is 23.1 Å². The van der Waals surface area contributed by atoms with Crippen molar-refractivity contribution in [1.29, 1.82) is 0 Å². The first kappa shape index (κ1) is 9.13. The third-order valence-electron chi connectivity index (χ3n) is 1.56. The van der Waals surface area contributed by atoms with E-state index in [0.29, 0.717) is 5.56 Å². The molecule has 1 aromatic carbocycles. The molecule has 2 nitrogen and oxygen atoms in total. The molecule has 0 saturated carbocycles. The Morgan fingerprint density at radius 2 is 2.17 bits per heavy atom. The molecule has 0 heterocycles. The Balaban J connectivity index is 3.21. The summed E-state index contributed by atoms with van der Waals surface area (Å²) in [5.74, 6) is 0.119. The second-order valence-electron chi connectivity index (χ2n) is 2.44. The Bertz CT molecular complexity index is 307. The normalized spacial score (nSPS) is 9.83. The highest BCUT2D eigenvalue weighted by Crippen LogP contribution is 2.24. The fraction of sp³-hybridized carbons (Fsp3) is 0.222. The van der Waals surface area contributed by atoms with Crippen LogP contribution in [0.3, 0.4) is 0 Å². The summed E-state index contributed by atoms with van der Waals surface area (Å²) >= 11 is 1.50. The van der Waals surface area contributed by atoms with E-state index in [9.17, 15) is 4.79 Å². The highest BCUT2D eigenvalue weighted by atomic mass is 32.2. The van der Waals surface area contributed by atoms with Crippen molar-refractivity contribution in [2.75, 3.05) is 6.26 Å². The van der Waals surface area contributed by atoms with Gasteiger partial charge in [0.2, 0.25) is 0 Å². The third kappa shape index (κ3) is 1.80. The lowest BCUT2D eigenvalue weighted by atomic mass is 10.1. The van der Waals surface area contributed by atoms with Crippen LogP contribution in [0.4, 0.5) is 0 Å². The number of phenols is 1. The van der Waals surface area contributed by atoms with Gasteiger partial charge in [0.1, 0.15) is 5.75 Å². The van der Waals surface area contributed by atoms with Crippen LogP contribution in [0.2, 0.25) is 0 Å². The lowest BCUT2D eigenvalue weighted by Gasteiger charge is -2.03. The fourth-order valence-electron chi connectivity index (χ4n) is 0.971. The van der Waals surface area contributed by atoms with Gasteiger partial charge in [0.25, 0.3) is 0 Å². The molecule has 64 valence electrons. The summed E-state index contributed by atoms with van der Waals surface area (Å²) in [4.78, 5) is 12.0. The number of rotatable bonds is 2. The van der Waals surface area contributed by atoms with Crippen LogP contribution in [0.25, 0.3) is 0 Å². The minimum Gasteiger partial charge on any atom is -0.508 e. The van der Waals surface area contributed by atoms with Gasteiger partial charge in [-0.3, -0.25) is 4.79 Å². The lowest BCUT2D eigenvalue weighted by Crippen LogP contribution is -1.93. The minimum atomic E-state index is -0.0183. The van der Waals surface area contributed by atoms with E-state index in [4.69, 9.17) is 5.11 Å². The van der Waals surface area contributed by atoms with Crippen LogP contribution < -0.4 is 0 Å². The molecule has 0 fully saturated rings. The molecule has 0 aliphatic rings. The Morgan fingerprint density at radius 1 is 1.50 bits per heavy atom. The Hall–Kier alpha value is -0.960. The number of phenolic OH excluding ortho intramolecular Hbond substituents is 1. The standard InChI is InChI=1S/C9H10O2S/c1-6(10)8-5-7(11)3-4-9(8)12-2/h3-5,11H,1-2H3. The zero-order valence-corrected chi connectivity index (χ0v) is 7.81. The highest BCUT2D eigenvalue weighted by Gasteiger charge is 2.06. The van der Waals surface area contributed by atoms with Crippen molar-refractivity contribution >= 4 is 17.5 Å². The molecule has 0 spiro atoms. The average molecular weight is 182 g/mol. The van der Waals surface area contributed by atoms with Crippen LogP contribution in [0.5, 0.6) is 5.75 Å². The van der Waals surface area contributed by atoms with E-state index in [1.807, 2.05) is 6.26 Å². The van der Waals surface area contributed by atoms with Gasteiger partial charge in [-0.1, -0.05) is 0 Å². The topological polar surface area (TPSA) is 37.3 Å². The quantitative estimate of drug-likeness (QED) is 0.563. The maximum absolute atomic E-state index is 11.1. The fourth-order valence-corrected chi connectivity index (χ4v) is 1.60. The smallest absolute Gasteiger partial charge is 0.161 e. The van der Waals surface area contributed by atoms with Crippen molar-refractivity contribution in [2.45, 2.75) is 11.8 Å². The molecule has 0 aromatic heterocycles. The molecule has 0 amide bonds. The Labute approximate surface area is 75.6 Å². The van der Waals surface area contributed by atoms with E-state index >= 15 is 0 Å². The molecular formula is C9H10O2S. The van der Waals surface area contributed by atoms with E-state index in [1.165, 1.54) is 24.8 Å². The molecule has 0 radical (unpaired) electrons. The van der Waals surface area contributed by atoms with Crippen molar-refractivity contribution < 1.29 is 9.90 Å². The van der Waals surface area contributed by atoms with Gasteiger partial charge in [-0.25, -0.2) is 0 Å². The number of carbonyl (C=O) groups is 1. The molecule has 1 aromatic rings. The van der Waals surface area contributed by atoms with Gasteiger partial charge >= 0.3 is 0 Å². The van der Waals surface area contributed by atoms with E-state index < -0.39 is 0 Å². The van der Waals surface area contributed by atoms with Gasteiger partial charge in [-0.15, -0.1) is 11.8 Å². The van der Waals surface area contributed by atoms with E-state index in [2.05, 4.69) is 0 Å². The number of thioether (sulfide) groups is 1. The van der Waals surface area contributed by atoms with Crippen LogP contribution >= 0.6 is 11.8 Å². The maximum atomic E-state index is 11.1. The van der Waals surface area contributed by atoms with Gasteiger partial charge < -0.3 is 5.11 Å². The predicted molar refractivity (Wildman–Crippen MR) is 49.9 cm³/mol. The number of benzene rings is 1. The summed E-state index contributed by atoms with van der Waals surface area (Å²) in [6.45, 7) is 1.49. The first-order valence-corrected chi connectivity index (χ1v) is 4.75. The summed E-state index contributed by atoms with van der Waals surface area (Å²) in [7, 11) is 0. The largest absolute Gasteiger partial charge is 0.508 e. The Morgan fingerprint density at radius 3 is 2.67 bits per heavy atom. The molecule has 0 saturated heterocycles. The second kappa shape index (κ2) is 3.63. The van der Waals surface area contributed by atoms with Crippen molar-refractivity contribution in [3.05, 3.63) is 23.8 Å². The molecule has 1 N–H and O–H groups in total. The number of aromatic hydroxyl groups is 1. The van der Waals surface area contributed by atoms with Crippen LogP contribution in [0, 0.1) is 0 Å². The van der Waals surface area contributed by atoms with Crippen molar-refractivity contribution in [3.63, 3.8) is 0 Å². The summed E-state index contributed by atoms with van der Waals surface area (Å²) in [6.07, 6.45) is 1.90. The molecule has 0 aliphatic carbocycles. The molecule has 1 rings (SSSR count). The maximum Gasteiger partial charge on any atom is 0.161 e. The number of ketones is 1. The monoisotopic (exact) mass is 182 g/mol. The lowest BCUT2D eigenvalue weighted by molar-refractivity contribution is 0.101. The molecule has 3 heteroatoms. The molecule has 0 bridgehead atoms. The van der Waals surface area contributed by atoms with Gasteiger partial charge in [0.15, 0.2) is 5.78 Å². The molecule has 0 atom stereocenters. The zero-order chi connectivity index (χ0) is 9.14. The molecule has 12 heavy (non-hydrogen) atoms. The molecule has 0 aliphatic heterocycles. The third-order valence-corrected chi connectivity index (χ3v) is 2.36. The Kier molecular flexibility index (Phi) is 2.76. The van der Waals surface area contributed by atoms with Gasteiger partial charge in [0.05, 0.1) is 0 Å². The number of hydrogen-bond acceptors (Lipinski definition) is 3. The van der Waals surface area contributed by atoms with Crippen molar-refractivity contribution in [3.8, 4) is 5.75 Å².